The third-order valence-electron chi connectivity index (χ3n) is 4.22. The summed E-state index contributed by atoms with van der Waals surface area (Å²) in [5.74, 6) is 0.174. The molecule has 24 heavy (non-hydrogen) atoms. The second-order valence-corrected chi connectivity index (χ2v) is 7.09. The first kappa shape index (κ1) is 15.4. The number of fused-ring (bicyclic) bond motifs is 1. The number of hydrogen-bond donors (Lipinski definition) is 0. The number of halogens is 1. The lowest BCUT2D eigenvalue weighted by Crippen LogP contribution is -2.48. The monoisotopic (exact) mass is 362 g/mol. The van der Waals surface area contributed by atoms with Gasteiger partial charge in [-0.3, -0.25) is 4.79 Å². The summed E-state index contributed by atoms with van der Waals surface area (Å²) >= 11 is 7.84. The van der Waals surface area contributed by atoms with Crippen molar-refractivity contribution in [1.29, 1.82) is 0 Å². The Morgan fingerprint density at radius 2 is 2.04 bits per heavy atom. The molecule has 3 aromatic rings. The highest BCUT2D eigenvalue weighted by Crippen LogP contribution is 2.33. The predicted molar refractivity (Wildman–Crippen MR) is 94.0 cm³/mol. The van der Waals surface area contributed by atoms with E-state index in [1.54, 1.807) is 22.3 Å². The molecule has 0 bridgehead atoms. The van der Waals surface area contributed by atoms with Gasteiger partial charge >= 0.3 is 0 Å². The maximum Gasteiger partial charge on any atom is 0.292 e. The maximum atomic E-state index is 12.3. The van der Waals surface area contributed by atoms with E-state index in [-0.39, 0.29) is 11.7 Å². The van der Waals surface area contributed by atoms with Crippen molar-refractivity contribution in [3.63, 3.8) is 0 Å². The van der Waals surface area contributed by atoms with Gasteiger partial charge in [0.1, 0.15) is 0 Å². The van der Waals surface area contributed by atoms with Crippen LogP contribution in [0.1, 0.15) is 16.1 Å². The number of carbonyl (C=O) groups excluding carboxylic acids is 1. The predicted octanol–water partition coefficient (Wildman–Crippen LogP) is 3.21. The molecule has 1 aliphatic rings. The van der Waals surface area contributed by atoms with E-state index < -0.39 is 0 Å². The van der Waals surface area contributed by atoms with E-state index in [9.17, 15) is 4.79 Å². The van der Waals surface area contributed by atoms with Gasteiger partial charge in [-0.1, -0.05) is 28.1 Å². The first-order chi connectivity index (χ1) is 11.6. The third kappa shape index (κ3) is 2.63. The minimum Gasteiger partial charge on any atom is -0.351 e. The molecule has 124 valence electrons. The number of piperazine rings is 1. The number of carbonyl (C=O) groups is 1. The van der Waals surface area contributed by atoms with E-state index in [4.69, 9.17) is 21.1 Å². The van der Waals surface area contributed by atoms with Crippen LogP contribution in [0.4, 0.5) is 5.13 Å². The van der Waals surface area contributed by atoms with Crippen molar-refractivity contribution in [2.45, 2.75) is 6.92 Å². The Hall–Kier alpha value is -2.12. The average Bonchev–Trinajstić information content (AvgIpc) is 3.27. The van der Waals surface area contributed by atoms with E-state index in [1.807, 2.05) is 19.1 Å². The summed E-state index contributed by atoms with van der Waals surface area (Å²) in [5.41, 5.74) is 1.97. The smallest absolute Gasteiger partial charge is 0.292 e. The number of amides is 1. The fourth-order valence-electron chi connectivity index (χ4n) is 2.81. The van der Waals surface area contributed by atoms with Gasteiger partial charge in [-0.25, -0.2) is 4.98 Å². The van der Waals surface area contributed by atoms with Gasteiger partial charge in [-0.15, -0.1) is 0 Å². The van der Waals surface area contributed by atoms with Gasteiger partial charge < -0.3 is 14.3 Å². The van der Waals surface area contributed by atoms with Gasteiger partial charge in [0, 0.05) is 37.3 Å². The van der Waals surface area contributed by atoms with Crippen LogP contribution >= 0.6 is 22.9 Å². The summed E-state index contributed by atoms with van der Waals surface area (Å²) in [4.78, 5) is 21.0. The molecule has 1 fully saturated rings. The van der Waals surface area contributed by atoms with Crippen molar-refractivity contribution in [2.24, 2.45) is 0 Å². The number of benzene rings is 1. The van der Waals surface area contributed by atoms with Gasteiger partial charge in [0.2, 0.25) is 5.76 Å². The normalized spacial score (nSPS) is 15.2. The number of thiazole rings is 1. The molecule has 8 heteroatoms. The van der Waals surface area contributed by atoms with E-state index in [1.165, 1.54) is 6.20 Å². The van der Waals surface area contributed by atoms with Crippen LogP contribution in [0.2, 0.25) is 5.02 Å². The molecule has 0 saturated carbocycles. The molecular formula is C16H15ClN4O2S. The van der Waals surface area contributed by atoms with Crippen LogP contribution in [-0.4, -0.2) is 47.1 Å². The molecule has 3 heterocycles. The number of rotatable bonds is 2. The van der Waals surface area contributed by atoms with Crippen LogP contribution < -0.4 is 4.90 Å². The highest BCUT2D eigenvalue weighted by atomic mass is 35.5. The zero-order valence-electron chi connectivity index (χ0n) is 13.0. The number of aryl methyl sites for hydroxylation is 1. The van der Waals surface area contributed by atoms with Crippen LogP contribution in [0.15, 0.2) is 28.9 Å². The Labute approximate surface area is 147 Å². The topological polar surface area (TPSA) is 62.5 Å². The van der Waals surface area contributed by atoms with E-state index in [0.29, 0.717) is 13.1 Å². The van der Waals surface area contributed by atoms with Crippen LogP contribution in [0.25, 0.3) is 10.2 Å². The molecule has 1 saturated heterocycles. The number of nitrogens with zero attached hydrogens (tertiary/aromatic N) is 4. The fraction of sp³-hybridized carbons (Fsp3) is 0.312. The second kappa shape index (κ2) is 6.07. The van der Waals surface area contributed by atoms with Crippen molar-refractivity contribution in [2.75, 3.05) is 31.1 Å². The van der Waals surface area contributed by atoms with Crippen LogP contribution in [0.3, 0.4) is 0 Å². The van der Waals surface area contributed by atoms with Gasteiger partial charge in [0.05, 0.1) is 16.4 Å². The standard InChI is InChI=1S/C16H15ClN4O2S/c1-10-11(17)2-3-13-14(10)19-16(24-13)21-8-6-20(7-9-21)15(22)12-4-5-18-23-12/h2-5H,6-9H2,1H3. The Bertz CT molecular complexity index is 885. The Morgan fingerprint density at radius 3 is 2.75 bits per heavy atom. The quantitative estimate of drug-likeness (QED) is 0.700. The van der Waals surface area contributed by atoms with Crippen LogP contribution in [-0.2, 0) is 0 Å². The lowest BCUT2D eigenvalue weighted by atomic mass is 10.2. The van der Waals surface area contributed by atoms with Gasteiger partial charge in [-0.05, 0) is 24.6 Å². The summed E-state index contributed by atoms with van der Waals surface area (Å²) in [6, 6.07) is 5.51. The largest absolute Gasteiger partial charge is 0.351 e. The lowest BCUT2D eigenvalue weighted by Gasteiger charge is -2.33. The fourth-order valence-corrected chi connectivity index (χ4v) is 4.04. The van der Waals surface area contributed by atoms with Crippen molar-refractivity contribution in [1.82, 2.24) is 15.0 Å². The molecule has 0 N–H and O–H groups in total. The lowest BCUT2D eigenvalue weighted by molar-refractivity contribution is 0.0705. The SMILES string of the molecule is Cc1c(Cl)ccc2sc(N3CCN(C(=O)c4ccno4)CC3)nc12. The molecule has 0 atom stereocenters. The molecule has 0 spiro atoms. The van der Waals surface area contributed by atoms with Crippen molar-refractivity contribution < 1.29 is 9.32 Å². The molecule has 0 aliphatic carbocycles. The molecule has 2 aromatic heterocycles. The number of anilines is 1. The molecular weight excluding hydrogens is 348 g/mol. The van der Waals surface area contributed by atoms with Crippen molar-refractivity contribution in [3.05, 3.63) is 40.7 Å². The first-order valence-corrected chi connectivity index (χ1v) is 8.83. The summed E-state index contributed by atoms with van der Waals surface area (Å²) in [7, 11) is 0. The zero-order valence-corrected chi connectivity index (χ0v) is 14.6. The van der Waals surface area contributed by atoms with Gasteiger partial charge in [0.15, 0.2) is 5.13 Å². The second-order valence-electron chi connectivity index (χ2n) is 5.67. The van der Waals surface area contributed by atoms with Crippen LogP contribution in [0.5, 0.6) is 0 Å². The highest BCUT2D eigenvalue weighted by molar-refractivity contribution is 7.22. The van der Waals surface area contributed by atoms with Gasteiger partial charge in [0.25, 0.3) is 5.91 Å². The summed E-state index contributed by atoms with van der Waals surface area (Å²) < 4.78 is 6.08. The molecule has 0 unspecified atom stereocenters. The van der Waals surface area contributed by atoms with E-state index >= 15 is 0 Å². The molecule has 0 radical (unpaired) electrons. The minimum absolute atomic E-state index is 0.112. The molecule has 1 aromatic carbocycles. The molecule has 4 rings (SSSR count). The number of aromatic nitrogens is 2. The van der Waals surface area contributed by atoms with Gasteiger partial charge in [-0.2, -0.15) is 0 Å². The van der Waals surface area contributed by atoms with E-state index in [2.05, 4.69) is 10.1 Å². The zero-order chi connectivity index (χ0) is 16.7. The molecule has 1 amide bonds. The minimum atomic E-state index is -0.112. The summed E-state index contributed by atoms with van der Waals surface area (Å²) in [6.07, 6.45) is 1.48. The Kier molecular flexibility index (Phi) is 3.90. The maximum absolute atomic E-state index is 12.3. The first-order valence-electron chi connectivity index (χ1n) is 7.64. The Balaban J connectivity index is 1.50. The third-order valence-corrected chi connectivity index (χ3v) is 5.71. The van der Waals surface area contributed by atoms with E-state index in [0.717, 1.165) is 39.0 Å². The molecule has 6 nitrogen and oxygen atoms in total. The van der Waals surface area contributed by atoms with Crippen molar-refractivity contribution in [3.8, 4) is 0 Å². The summed E-state index contributed by atoms with van der Waals surface area (Å²) in [6.45, 7) is 4.74. The van der Waals surface area contributed by atoms with Crippen LogP contribution in [0, 0.1) is 6.92 Å². The number of hydrogen-bond acceptors (Lipinski definition) is 6. The molecule has 1 aliphatic heterocycles. The average molecular weight is 363 g/mol. The highest BCUT2D eigenvalue weighted by Gasteiger charge is 2.25. The summed E-state index contributed by atoms with van der Waals surface area (Å²) in [5, 5.41) is 5.30. The Morgan fingerprint density at radius 1 is 1.25 bits per heavy atom. The van der Waals surface area contributed by atoms with Crippen molar-refractivity contribution >= 4 is 44.2 Å².